The average molecular weight is 215 g/mol. The van der Waals surface area contributed by atoms with Crippen LogP contribution in [0.4, 0.5) is 0 Å². The van der Waals surface area contributed by atoms with Crippen LogP contribution in [-0.4, -0.2) is 34.6 Å². The van der Waals surface area contributed by atoms with E-state index in [-0.39, 0.29) is 12.0 Å². The summed E-state index contributed by atoms with van der Waals surface area (Å²) in [6.45, 7) is 12.4. The Hall–Kier alpha value is -0.570. The molecule has 0 aliphatic carbocycles. The van der Waals surface area contributed by atoms with Crippen molar-refractivity contribution in [3.05, 3.63) is 0 Å². The van der Waals surface area contributed by atoms with Crippen LogP contribution in [0.15, 0.2) is 0 Å². The highest BCUT2D eigenvalue weighted by molar-refractivity contribution is 5.66. The number of aliphatic carboxylic acids is 1. The zero-order valence-corrected chi connectivity index (χ0v) is 10.7. The van der Waals surface area contributed by atoms with Crippen LogP contribution in [0.2, 0.25) is 0 Å². The van der Waals surface area contributed by atoms with Crippen molar-refractivity contribution in [2.75, 3.05) is 13.1 Å². The summed E-state index contributed by atoms with van der Waals surface area (Å²) in [5.41, 5.74) is 0.0599. The fraction of sp³-hybridized carbons (Fsp3) is 0.917. The van der Waals surface area contributed by atoms with Crippen molar-refractivity contribution < 1.29 is 9.90 Å². The number of rotatable bonds is 6. The first-order valence-electron chi connectivity index (χ1n) is 5.70. The number of hydrogen-bond acceptors (Lipinski definition) is 2. The minimum atomic E-state index is -0.714. The second kappa shape index (κ2) is 6.11. The Labute approximate surface area is 93.5 Å². The summed E-state index contributed by atoms with van der Waals surface area (Å²) in [5, 5.41) is 8.68. The van der Waals surface area contributed by atoms with E-state index in [9.17, 15) is 4.79 Å². The summed E-state index contributed by atoms with van der Waals surface area (Å²) in [6, 6.07) is 0. The predicted molar refractivity (Wildman–Crippen MR) is 63.0 cm³/mol. The van der Waals surface area contributed by atoms with Crippen LogP contribution in [0, 0.1) is 5.92 Å². The Morgan fingerprint density at radius 3 is 2.13 bits per heavy atom. The summed E-state index contributed by atoms with van der Waals surface area (Å²) in [7, 11) is 0. The van der Waals surface area contributed by atoms with Crippen molar-refractivity contribution in [3.8, 4) is 0 Å². The Morgan fingerprint density at radius 2 is 1.80 bits per heavy atom. The molecule has 90 valence electrons. The van der Waals surface area contributed by atoms with E-state index < -0.39 is 5.97 Å². The monoisotopic (exact) mass is 215 g/mol. The van der Waals surface area contributed by atoms with Gasteiger partial charge in [-0.05, 0) is 39.7 Å². The molecular weight excluding hydrogens is 190 g/mol. The van der Waals surface area contributed by atoms with Crippen LogP contribution in [0.1, 0.15) is 47.5 Å². The number of carboxylic acid groups (broad SMARTS) is 1. The molecule has 1 N–H and O–H groups in total. The van der Waals surface area contributed by atoms with Gasteiger partial charge >= 0.3 is 5.97 Å². The fourth-order valence-corrected chi connectivity index (χ4v) is 1.43. The lowest BCUT2D eigenvalue weighted by Gasteiger charge is -2.35. The van der Waals surface area contributed by atoms with Gasteiger partial charge in [-0.15, -0.1) is 0 Å². The summed E-state index contributed by atoms with van der Waals surface area (Å²) in [5.74, 6) is -0.0477. The van der Waals surface area contributed by atoms with E-state index in [1.165, 1.54) is 0 Å². The van der Waals surface area contributed by atoms with Crippen LogP contribution in [0.25, 0.3) is 0 Å². The van der Waals surface area contributed by atoms with E-state index in [0.717, 1.165) is 13.0 Å². The Balaban J connectivity index is 4.14. The largest absolute Gasteiger partial charge is 0.481 e. The molecule has 0 aromatic heterocycles. The first kappa shape index (κ1) is 14.4. The number of carboxylic acids is 1. The molecule has 3 heteroatoms. The van der Waals surface area contributed by atoms with Crippen molar-refractivity contribution in [2.24, 2.45) is 5.92 Å². The van der Waals surface area contributed by atoms with Crippen molar-refractivity contribution in [2.45, 2.75) is 53.0 Å². The molecule has 0 radical (unpaired) electrons. The molecule has 0 aromatic rings. The molecular formula is C12H25NO2. The molecule has 0 saturated heterocycles. The zero-order chi connectivity index (χ0) is 12.1. The second-order valence-corrected chi connectivity index (χ2v) is 5.48. The molecule has 3 nitrogen and oxygen atoms in total. The molecule has 0 bridgehead atoms. The van der Waals surface area contributed by atoms with Crippen LogP contribution < -0.4 is 0 Å². The SMILES string of the molecule is CC(C)CCN(CCC(=O)O)C(C)(C)C. The molecule has 15 heavy (non-hydrogen) atoms. The van der Waals surface area contributed by atoms with Crippen LogP contribution >= 0.6 is 0 Å². The average Bonchev–Trinajstić information content (AvgIpc) is 2.00. The molecule has 0 unspecified atom stereocenters. The van der Waals surface area contributed by atoms with Gasteiger partial charge in [0.2, 0.25) is 0 Å². The standard InChI is InChI=1S/C12H25NO2/c1-10(2)6-8-13(12(3,4)5)9-7-11(14)15/h10H,6-9H2,1-5H3,(H,14,15). The van der Waals surface area contributed by atoms with Crippen LogP contribution in [0.3, 0.4) is 0 Å². The van der Waals surface area contributed by atoms with Crippen molar-refractivity contribution >= 4 is 5.97 Å². The zero-order valence-electron chi connectivity index (χ0n) is 10.7. The smallest absolute Gasteiger partial charge is 0.304 e. The van der Waals surface area contributed by atoms with Gasteiger partial charge in [-0.1, -0.05) is 13.8 Å². The van der Waals surface area contributed by atoms with E-state index in [1.807, 2.05) is 0 Å². The maximum Gasteiger partial charge on any atom is 0.304 e. The number of carbonyl (C=O) groups is 1. The molecule has 0 fully saturated rings. The predicted octanol–water partition coefficient (Wildman–Crippen LogP) is 2.61. The van der Waals surface area contributed by atoms with Gasteiger partial charge in [0.05, 0.1) is 6.42 Å². The third-order valence-electron chi connectivity index (χ3n) is 2.52. The highest BCUT2D eigenvalue weighted by atomic mass is 16.4. The highest BCUT2D eigenvalue weighted by Crippen LogP contribution is 2.15. The Kier molecular flexibility index (Phi) is 5.88. The topological polar surface area (TPSA) is 40.5 Å². The quantitative estimate of drug-likeness (QED) is 0.740. The maximum absolute atomic E-state index is 10.5. The number of nitrogens with zero attached hydrogens (tertiary/aromatic N) is 1. The van der Waals surface area contributed by atoms with E-state index in [0.29, 0.717) is 12.5 Å². The summed E-state index contributed by atoms with van der Waals surface area (Å²) < 4.78 is 0. The third kappa shape index (κ3) is 7.37. The molecule has 0 aliphatic heterocycles. The fourth-order valence-electron chi connectivity index (χ4n) is 1.43. The van der Waals surface area contributed by atoms with Gasteiger partial charge in [0.1, 0.15) is 0 Å². The molecule has 0 spiro atoms. The lowest BCUT2D eigenvalue weighted by molar-refractivity contribution is -0.137. The van der Waals surface area contributed by atoms with Gasteiger partial charge in [0.15, 0.2) is 0 Å². The molecule has 0 aliphatic rings. The minimum Gasteiger partial charge on any atom is -0.481 e. The lowest BCUT2D eigenvalue weighted by atomic mass is 10.0. The van der Waals surface area contributed by atoms with Crippen molar-refractivity contribution in [3.63, 3.8) is 0 Å². The van der Waals surface area contributed by atoms with Crippen molar-refractivity contribution in [1.29, 1.82) is 0 Å². The normalized spacial score (nSPS) is 12.5. The van der Waals surface area contributed by atoms with E-state index in [2.05, 4.69) is 39.5 Å². The van der Waals surface area contributed by atoms with Crippen molar-refractivity contribution in [1.82, 2.24) is 4.90 Å². The second-order valence-electron chi connectivity index (χ2n) is 5.48. The molecule has 0 rings (SSSR count). The van der Waals surface area contributed by atoms with E-state index in [4.69, 9.17) is 5.11 Å². The summed E-state index contributed by atoms with van der Waals surface area (Å²) in [6.07, 6.45) is 1.35. The van der Waals surface area contributed by atoms with E-state index in [1.54, 1.807) is 0 Å². The van der Waals surface area contributed by atoms with Crippen LogP contribution in [-0.2, 0) is 4.79 Å². The lowest BCUT2D eigenvalue weighted by Crippen LogP contribution is -2.43. The van der Waals surface area contributed by atoms with Gasteiger partial charge in [-0.3, -0.25) is 9.69 Å². The number of hydrogen-bond donors (Lipinski definition) is 1. The van der Waals surface area contributed by atoms with Gasteiger partial charge in [0, 0.05) is 12.1 Å². The molecule has 0 amide bonds. The first-order valence-corrected chi connectivity index (χ1v) is 5.70. The summed E-state index contributed by atoms with van der Waals surface area (Å²) >= 11 is 0. The van der Waals surface area contributed by atoms with Gasteiger partial charge in [-0.2, -0.15) is 0 Å². The Bertz CT molecular complexity index is 194. The third-order valence-corrected chi connectivity index (χ3v) is 2.52. The van der Waals surface area contributed by atoms with Gasteiger partial charge < -0.3 is 5.11 Å². The first-order chi connectivity index (χ1) is 6.73. The molecule has 0 saturated carbocycles. The maximum atomic E-state index is 10.5. The van der Waals surface area contributed by atoms with Gasteiger partial charge in [0.25, 0.3) is 0 Å². The van der Waals surface area contributed by atoms with E-state index >= 15 is 0 Å². The molecule has 0 heterocycles. The minimum absolute atomic E-state index is 0.0599. The molecule has 0 atom stereocenters. The molecule has 0 aromatic carbocycles. The highest BCUT2D eigenvalue weighted by Gasteiger charge is 2.21. The summed E-state index contributed by atoms with van der Waals surface area (Å²) in [4.78, 5) is 12.8. The van der Waals surface area contributed by atoms with Crippen LogP contribution in [0.5, 0.6) is 0 Å². The Morgan fingerprint density at radius 1 is 1.27 bits per heavy atom. The van der Waals surface area contributed by atoms with Gasteiger partial charge in [-0.25, -0.2) is 0 Å².